The quantitative estimate of drug-likeness (QED) is 0.889. The molecule has 1 aliphatic carbocycles. The average molecular weight is 308 g/mol. The summed E-state index contributed by atoms with van der Waals surface area (Å²) in [5, 5.41) is 3.11. The number of hydrogen-bond donors (Lipinski definition) is 2. The van der Waals surface area contributed by atoms with Crippen LogP contribution in [0.3, 0.4) is 0 Å². The van der Waals surface area contributed by atoms with Gasteiger partial charge in [0.15, 0.2) is 0 Å². The predicted molar refractivity (Wildman–Crippen MR) is 79.0 cm³/mol. The first-order chi connectivity index (χ1) is 10.5. The number of nitrogens with two attached hydrogens (primary N) is 1. The zero-order chi connectivity index (χ0) is 15.7. The highest BCUT2D eigenvalue weighted by molar-refractivity contribution is 5.88. The van der Waals surface area contributed by atoms with Gasteiger partial charge >= 0.3 is 0 Å². The van der Waals surface area contributed by atoms with E-state index >= 15 is 0 Å². The fraction of sp³-hybridized carbons (Fsp3) is 0.438. The number of benzene rings is 1. The lowest BCUT2D eigenvalue weighted by Crippen LogP contribution is -2.42. The molecule has 6 heteroatoms. The molecule has 0 saturated carbocycles. The molecule has 0 radical (unpaired) electrons. The second-order valence-corrected chi connectivity index (χ2v) is 5.75. The number of aryl methyl sites for hydroxylation is 2. The standard InChI is InChI=1S/C16H18F2N2O2/c17-16(18,8-19)9-20-15(21)6-12-7-22-14-5-11-3-1-2-10(11)4-13(12)14/h4-5,7H,1-3,6,8-9,19H2,(H,20,21). The van der Waals surface area contributed by atoms with Gasteiger partial charge in [0.2, 0.25) is 5.91 Å². The molecular formula is C16H18F2N2O2. The third kappa shape index (κ3) is 2.97. The fourth-order valence-electron chi connectivity index (χ4n) is 2.82. The number of halogens is 2. The SMILES string of the molecule is NCC(F)(F)CNC(=O)Cc1coc2cc3c(cc12)CCC3. The van der Waals surface area contributed by atoms with Gasteiger partial charge in [-0.25, -0.2) is 8.78 Å². The Kier molecular flexibility index (Phi) is 3.87. The molecule has 1 aliphatic rings. The molecule has 0 aliphatic heterocycles. The lowest BCUT2D eigenvalue weighted by molar-refractivity contribution is -0.122. The molecule has 0 fully saturated rings. The van der Waals surface area contributed by atoms with Crippen LogP contribution < -0.4 is 11.1 Å². The van der Waals surface area contributed by atoms with Crippen molar-refractivity contribution in [1.82, 2.24) is 5.32 Å². The normalized spacial score (nSPS) is 14.3. The van der Waals surface area contributed by atoms with Gasteiger partial charge in [-0.1, -0.05) is 0 Å². The van der Waals surface area contributed by atoms with E-state index < -0.39 is 24.9 Å². The Morgan fingerprint density at radius 2 is 2.05 bits per heavy atom. The first kappa shape index (κ1) is 15.0. The maximum atomic E-state index is 13.0. The Balaban J connectivity index is 1.73. The first-order valence-corrected chi connectivity index (χ1v) is 7.35. The number of carbonyl (C=O) groups excluding carboxylic acids is 1. The maximum absolute atomic E-state index is 13.0. The Labute approximate surface area is 126 Å². The molecule has 3 rings (SSSR count). The molecule has 1 heterocycles. The Morgan fingerprint density at radius 1 is 1.32 bits per heavy atom. The molecule has 1 aromatic carbocycles. The molecular weight excluding hydrogens is 290 g/mol. The van der Waals surface area contributed by atoms with Gasteiger partial charge in [-0.3, -0.25) is 4.79 Å². The van der Waals surface area contributed by atoms with Crippen molar-refractivity contribution in [2.45, 2.75) is 31.6 Å². The zero-order valence-corrected chi connectivity index (χ0v) is 12.1. The second kappa shape index (κ2) is 5.68. The number of amides is 1. The maximum Gasteiger partial charge on any atom is 0.277 e. The molecule has 0 saturated heterocycles. The molecule has 2 aromatic rings. The number of alkyl halides is 2. The van der Waals surface area contributed by atoms with Crippen LogP contribution in [0.15, 0.2) is 22.8 Å². The van der Waals surface area contributed by atoms with E-state index in [1.165, 1.54) is 17.4 Å². The minimum Gasteiger partial charge on any atom is -0.464 e. The molecule has 22 heavy (non-hydrogen) atoms. The van der Waals surface area contributed by atoms with Gasteiger partial charge in [0.25, 0.3) is 5.92 Å². The van der Waals surface area contributed by atoms with Crippen molar-refractivity contribution in [2.75, 3.05) is 13.1 Å². The van der Waals surface area contributed by atoms with E-state index in [1.54, 1.807) is 0 Å². The molecule has 4 nitrogen and oxygen atoms in total. The predicted octanol–water partition coefficient (Wildman–Crippen LogP) is 2.17. The van der Waals surface area contributed by atoms with Gasteiger partial charge < -0.3 is 15.5 Å². The van der Waals surface area contributed by atoms with Crippen LogP contribution in [0.5, 0.6) is 0 Å². The topological polar surface area (TPSA) is 68.3 Å². The lowest BCUT2D eigenvalue weighted by Gasteiger charge is -2.14. The van der Waals surface area contributed by atoms with Gasteiger partial charge in [0.1, 0.15) is 5.58 Å². The molecule has 0 spiro atoms. The van der Waals surface area contributed by atoms with Crippen LogP contribution in [0.1, 0.15) is 23.1 Å². The molecule has 1 aromatic heterocycles. The van der Waals surface area contributed by atoms with Crippen LogP contribution in [0.2, 0.25) is 0 Å². The summed E-state index contributed by atoms with van der Waals surface area (Å²) in [6.45, 7) is -1.53. The Morgan fingerprint density at radius 3 is 2.77 bits per heavy atom. The van der Waals surface area contributed by atoms with E-state index in [1.807, 2.05) is 6.07 Å². The summed E-state index contributed by atoms with van der Waals surface area (Å²) in [6, 6.07) is 4.07. The molecule has 3 N–H and O–H groups in total. The summed E-state index contributed by atoms with van der Waals surface area (Å²) in [6.07, 6.45) is 4.76. The van der Waals surface area contributed by atoms with Gasteiger partial charge in [-0.2, -0.15) is 0 Å². The van der Waals surface area contributed by atoms with Crippen molar-refractivity contribution in [3.05, 3.63) is 35.1 Å². The summed E-state index contributed by atoms with van der Waals surface area (Å²) in [5.74, 6) is -3.54. The van der Waals surface area contributed by atoms with Crippen molar-refractivity contribution in [1.29, 1.82) is 0 Å². The monoisotopic (exact) mass is 308 g/mol. The van der Waals surface area contributed by atoms with Crippen molar-refractivity contribution in [2.24, 2.45) is 5.73 Å². The van der Waals surface area contributed by atoms with E-state index in [2.05, 4.69) is 11.4 Å². The highest BCUT2D eigenvalue weighted by atomic mass is 19.3. The van der Waals surface area contributed by atoms with E-state index in [9.17, 15) is 13.6 Å². The van der Waals surface area contributed by atoms with Crippen LogP contribution in [-0.2, 0) is 24.1 Å². The van der Waals surface area contributed by atoms with Crippen molar-refractivity contribution in [3.8, 4) is 0 Å². The number of carbonyl (C=O) groups is 1. The van der Waals surface area contributed by atoms with Gasteiger partial charge in [-0.15, -0.1) is 0 Å². The van der Waals surface area contributed by atoms with Crippen LogP contribution in [0.4, 0.5) is 8.78 Å². The average Bonchev–Trinajstić information content (AvgIpc) is 3.10. The van der Waals surface area contributed by atoms with Crippen LogP contribution in [-0.4, -0.2) is 24.9 Å². The van der Waals surface area contributed by atoms with Crippen LogP contribution in [0.25, 0.3) is 11.0 Å². The molecule has 0 bridgehead atoms. The highest BCUT2D eigenvalue weighted by Crippen LogP contribution is 2.30. The molecule has 0 atom stereocenters. The number of nitrogens with one attached hydrogen (secondary N) is 1. The Hall–Kier alpha value is -1.95. The van der Waals surface area contributed by atoms with Gasteiger partial charge in [0.05, 0.1) is 25.8 Å². The van der Waals surface area contributed by atoms with E-state index in [4.69, 9.17) is 10.2 Å². The summed E-state index contributed by atoms with van der Waals surface area (Å²) >= 11 is 0. The largest absolute Gasteiger partial charge is 0.464 e. The summed E-state index contributed by atoms with van der Waals surface area (Å²) in [4.78, 5) is 11.8. The minimum atomic E-state index is -3.07. The first-order valence-electron chi connectivity index (χ1n) is 7.35. The van der Waals surface area contributed by atoms with Gasteiger partial charge in [-0.05, 0) is 42.5 Å². The van der Waals surface area contributed by atoms with E-state index in [0.717, 1.165) is 35.8 Å². The van der Waals surface area contributed by atoms with E-state index in [0.29, 0.717) is 0 Å². The molecule has 0 unspecified atom stereocenters. The van der Waals surface area contributed by atoms with Crippen LogP contribution >= 0.6 is 0 Å². The molecule has 1 amide bonds. The smallest absolute Gasteiger partial charge is 0.277 e. The highest BCUT2D eigenvalue weighted by Gasteiger charge is 2.27. The van der Waals surface area contributed by atoms with Crippen molar-refractivity contribution in [3.63, 3.8) is 0 Å². The summed E-state index contributed by atoms with van der Waals surface area (Å²) in [7, 11) is 0. The third-order valence-corrected chi connectivity index (χ3v) is 4.06. The lowest BCUT2D eigenvalue weighted by atomic mass is 10.0. The number of furan rings is 1. The van der Waals surface area contributed by atoms with Crippen LogP contribution in [0, 0.1) is 0 Å². The number of rotatable bonds is 5. The van der Waals surface area contributed by atoms with Gasteiger partial charge in [0, 0.05) is 10.9 Å². The summed E-state index contributed by atoms with van der Waals surface area (Å²) in [5.41, 5.74) is 8.98. The van der Waals surface area contributed by atoms with Crippen molar-refractivity contribution < 1.29 is 18.0 Å². The fourth-order valence-corrected chi connectivity index (χ4v) is 2.82. The van der Waals surface area contributed by atoms with E-state index in [-0.39, 0.29) is 6.42 Å². The number of hydrogen-bond acceptors (Lipinski definition) is 3. The molecule has 118 valence electrons. The van der Waals surface area contributed by atoms with Crippen molar-refractivity contribution >= 4 is 16.9 Å². The Bertz CT molecular complexity index is 709. The summed E-state index contributed by atoms with van der Waals surface area (Å²) < 4.78 is 31.6. The zero-order valence-electron chi connectivity index (χ0n) is 12.1. The number of fused-ring (bicyclic) bond motifs is 2. The second-order valence-electron chi connectivity index (χ2n) is 5.75. The third-order valence-electron chi connectivity index (χ3n) is 4.06. The minimum absolute atomic E-state index is 0.0203.